The van der Waals surface area contributed by atoms with Gasteiger partial charge in [-0.25, -0.2) is 0 Å². The second-order valence-electron chi connectivity index (χ2n) is 3.75. The lowest BCUT2D eigenvalue weighted by Gasteiger charge is -2.20. The molecule has 4 heteroatoms. The lowest BCUT2D eigenvalue weighted by atomic mass is 10.1. The summed E-state index contributed by atoms with van der Waals surface area (Å²) in [5.41, 5.74) is 1.000. The fraction of sp³-hybridized carbons (Fsp3) is 0.417. The van der Waals surface area contributed by atoms with E-state index in [0.717, 1.165) is 5.56 Å². The van der Waals surface area contributed by atoms with Gasteiger partial charge in [0, 0.05) is 18.1 Å². The van der Waals surface area contributed by atoms with Crippen LogP contribution in [0.4, 0.5) is 0 Å². The lowest BCUT2D eigenvalue weighted by molar-refractivity contribution is -0.122. The van der Waals surface area contributed by atoms with Crippen molar-refractivity contribution in [3.8, 4) is 0 Å². The average Bonchev–Trinajstić information content (AvgIpc) is 2.28. The molecule has 3 nitrogen and oxygen atoms in total. The maximum Gasteiger partial charge on any atom is 0.236 e. The molecule has 16 heavy (non-hydrogen) atoms. The van der Waals surface area contributed by atoms with E-state index in [4.69, 9.17) is 11.6 Å². The molecular weight excluding hydrogens is 224 g/mol. The van der Waals surface area contributed by atoms with Crippen molar-refractivity contribution in [3.63, 3.8) is 0 Å². The van der Waals surface area contributed by atoms with Gasteiger partial charge in [-0.15, -0.1) is 0 Å². The molecule has 1 aromatic rings. The maximum absolute atomic E-state index is 11.4. The van der Waals surface area contributed by atoms with Gasteiger partial charge in [-0.1, -0.05) is 29.8 Å². The van der Waals surface area contributed by atoms with Crippen LogP contribution in [0.3, 0.4) is 0 Å². The number of hydrogen-bond acceptors (Lipinski definition) is 2. The van der Waals surface area contributed by atoms with Gasteiger partial charge in [-0.05, 0) is 25.5 Å². The van der Waals surface area contributed by atoms with E-state index >= 15 is 0 Å². The number of nitrogens with one attached hydrogen (secondary N) is 2. The van der Waals surface area contributed by atoms with Crippen LogP contribution in [0, 0.1) is 0 Å². The molecule has 0 fully saturated rings. The predicted molar refractivity (Wildman–Crippen MR) is 66.5 cm³/mol. The molecule has 0 radical (unpaired) electrons. The molecule has 0 aliphatic heterocycles. The Hall–Kier alpha value is -1.06. The Kier molecular flexibility index (Phi) is 4.77. The topological polar surface area (TPSA) is 41.1 Å². The van der Waals surface area contributed by atoms with Gasteiger partial charge in [-0.2, -0.15) is 0 Å². The minimum atomic E-state index is -0.240. The molecule has 0 aliphatic rings. The van der Waals surface area contributed by atoms with E-state index in [-0.39, 0.29) is 18.0 Å². The second-order valence-corrected chi connectivity index (χ2v) is 4.15. The monoisotopic (exact) mass is 240 g/mol. The molecule has 1 aromatic carbocycles. The van der Waals surface area contributed by atoms with Gasteiger partial charge in [0.25, 0.3) is 0 Å². The quantitative estimate of drug-likeness (QED) is 0.847. The summed E-state index contributed by atoms with van der Waals surface area (Å²) < 4.78 is 0. The van der Waals surface area contributed by atoms with Gasteiger partial charge in [-0.3, -0.25) is 10.1 Å². The fourth-order valence-corrected chi connectivity index (χ4v) is 1.88. The normalized spacial score (nSPS) is 14.2. The van der Waals surface area contributed by atoms with Crippen LogP contribution >= 0.6 is 11.6 Å². The van der Waals surface area contributed by atoms with Gasteiger partial charge in [0.1, 0.15) is 0 Å². The molecule has 0 aromatic heterocycles. The number of halogens is 1. The first kappa shape index (κ1) is 13.0. The van der Waals surface area contributed by atoms with E-state index in [2.05, 4.69) is 10.6 Å². The summed E-state index contributed by atoms with van der Waals surface area (Å²) in [7, 11) is 1.63. The smallest absolute Gasteiger partial charge is 0.236 e. The predicted octanol–water partition coefficient (Wildman–Crippen LogP) is 2.13. The van der Waals surface area contributed by atoms with Gasteiger partial charge < -0.3 is 5.32 Å². The standard InChI is InChI=1S/C12H17ClN2O/c1-8(15-9(2)12(16)14-3)10-6-4-5-7-11(10)13/h4-9,15H,1-3H3,(H,14,16). The Morgan fingerprint density at radius 2 is 1.94 bits per heavy atom. The van der Waals surface area contributed by atoms with E-state index < -0.39 is 0 Å². The third-order valence-corrected chi connectivity index (χ3v) is 2.86. The largest absolute Gasteiger partial charge is 0.358 e. The first-order valence-electron chi connectivity index (χ1n) is 5.28. The average molecular weight is 241 g/mol. The molecule has 2 N–H and O–H groups in total. The molecule has 0 heterocycles. The molecule has 0 bridgehead atoms. The Morgan fingerprint density at radius 1 is 1.31 bits per heavy atom. The van der Waals surface area contributed by atoms with E-state index in [1.54, 1.807) is 7.05 Å². The highest BCUT2D eigenvalue weighted by Gasteiger charge is 2.16. The van der Waals surface area contributed by atoms with Crippen LogP contribution in [0.1, 0.15) is 25.5 Å². The van der Waals surface area contributed by atoms with Crippen LogP contribution in [-0.4, -0.2) is 19.0 Å². The van der Waals surface area contributed by atoms with Crippen LogP contribution in [0.5, 0.6) is 0 Å². The summed E-state index contributed by atoms with van der Waals surface area (Å²) in [5.74, 6) is -0.0288. The van der Waals surface area contributed by atoms with E-state index in [1.807, 2.05) is 38.1 Å². The van der Waals surface area contributed by atoms with Gasteiger partial charge in [0.05, 0.1) is 6.04 Å². The molecule has 88 valence electrons. The van der Waals surface area contributed by atoms with Crippen molar-refractivity contribution < 1.29 is 4.79 Å². The Bertz CT molecular complexity index is 368. The van der Waals surface area contributed by atoms with Crippen molar-refractivity contribution >= 4 is 17.5 Å². The summed E-state index contributed by atoms with van der Waals surface area (Å²) in [6.07, 6.45) is 0. The number of amides is 1. The van der Waals surface area contributed by atoms with Crippen LogP contribution < -0.4 is 10.6 Å². The number of likely N-dealkylation sites (N-methyl/N-ethyl adjacent to an activating group) is 1. The van der Waals surface area contributed by atoms with Gasteiger partial charge >= 0.3 is 0 Å². The number of rotatable bonds is 4. The zero-order valence-electron chi connectivity index (χ0n) is 9.75. The molecule has 0 saturated heterocycles. The van der Waals surface area contributed by atoms with Crippen molar-refractivity contribution in [2.75, 3.05) is 7.05 Å². The van der Waals surface area contributed by atoms with E-state index in [1.165, 1.54) is 0 Å². The highest BCUT2D eigenvalue weighted by Crippen LogP contribution is 2.22. The summed E-state index contributed by atoms with van der Waals surface area (Å²) in [5, 5.41) is 6.51. The number of carbonyl (C=O) groups excluding carboxylic acids is 1. The van der Waals surface area contributed by atoms with Crippen molar-refractivity contribution in [2.24, 2.45) is 0 Å². The first-order chi connectivity index (χ1) is 7.56. The zero-order chi connectivity index (χ0) is 12.1. The summed E-state index contributed by atoms with van der Waals surface area (Å²) >= 11 is 6.08. The molecule has 0 aliphatic carbocycles. The van der Waals surface area contributed by atoms with Crippen LogP contribution in [0.2, 0.25) is 5.02 Å². The van der Waals surface area contributed by atoms with Crippen molar-refractivity contribution in [1.82, 2.24) is 10.6 Å². The van der Waals surface area contributed by atoms with E-state index in [9.17, 15) is 4.79 Å². The highest BCUT2D eigenvalue weighted by molar-refractivity contribution is 6.31. The Balaban J connectivity index is 2.69. The molecular formula is C12H17ClN2O. The lowest BCUT2D eigenvalue weighted by Crippen LogP contribution is -2.41. The first-order valence-corrected chi connectivity index (χ1v) is 5.66. The Labute approximate surface area is 101 Å². The summed E-state index contributed by atoms with van der Waals surface area (Å²) in [6.45, 7) is 3.81. The zero-order valence-corrected chi connectivity index (χ0v) is 10.5. The Morgan fingerprint density at radius 3 is 2.50 bits per heavy atom. The van der Waals surface area contributed by atoms with Gasteiger partial charge in [0.15, 0.2) is 0 Å². The third-order valence-electron chi connectivity index (χ3n) is 2.51. The molecule has 2 unspecified atom stereocenters. The molecule has 2 atom stereocenters. The summed E-state index contributed by atoms with van der Waals surface area (Å²) in [6, 6.07) is 7.43. The number of hydrogen-bond donors (Lipinski definition) is 2. The minimum absolute atomic E-state index is 0.0288. The summed E-state index contributed by atoms with van der Waals surface area (Å²) in [4.78, 5) is 11.4. The van der Waals surface area contributed by atoms with Crippen LogP contribution in [0.25, 0.3) is 0 Å². The maximum atomic E-state index is 11.4. The molecule has 0 saturated carbocycles. The SMILES string of the molecule is CNC(=O)C(C)NC(C)c1ccccc1Cl. The fourth-order valence-electron chi connectivity index (χ4n) is 1.58. The number of benzene rings is 1. The number of carbonyl (C=O) groups is 1. The van der Waals surface area contributed by atoms with Crippen molar-refractivity contribution in [2.45, 2.75) is 25.9 Å². The second kappa shape index (κ2) is 5.87. The minimum Gasteiger partial charge on any atom is -0.358 e. The highest BCUT2D eigenvalue weighted by atomic mass is 35.5. The van der Waals surface area contributed by atoms with Crippen LogP contribution in [0.15, 0.2) is 24.3 Å². The molecule has 1 rings (SSSR count). The molecule has 1 amide bonds. The van der Waals surface area contributed by atoms with Crippen molar-refractivity contribution in [3.05, 3.63) is 34.9 Å². The van der Waals surface area contributed by atoms with Crippen LogP contribution in [-0.2, 0) is 4.79 Å². The third kappa shape index (κ3) is 3.22. The van der Waals surface area contributed by atoms with E-state index in [0.29, 0.717) is 5.02 Å². The van der Waals surface area contributed by atoms with Crippen molar-refractivity contribution in [1.29, 1.82) is 0 Å². The molecule has 0 spiro atoms. The van der Waals surface area contributed by atoms with Gasteiger partial charge in [0.2, 0.25) is 5.91 Å².